The third-order valence-corrected chi connectivity index (χ3v) is 13.5. The van der Waals surface area contributed by atoms with E-state index in [2.05, 4.69) is 85.6 Å². The lowest BCUT2D eigenvalue weighted by atomic mass is 9.86. The molecule has 0 bridgehead atoms. The molecular formula is C51H69N7O4. The molecule has 0 radical (unpaired) electrons. The molecule has 4 fully saturated rings. The summed E-state index contributed by atoms with van der Waals surface area (Å²) < 4.78 is 5.72. The van der Waals surface area contributed by atoms with Crippen molar-refractivity contribution in [2.75, 3.05) is 102 Å². The van der Waals surface area contributed by atoms with Gasteiger partial charge in [-0.25, -0.2) is 4.79 Å². The van der Waals surface area contributed by atoms with Gasteiger partial charge in [0.15, 0.2) is 0 Å². The number of amides is 3. The summed E-state index contributed by atoms with van der Waals surface area (Å²) in [5.74, 6) is 0.198. The van der Waals surface area contributed by atoms with E-state index in [1.54, 1.807) is 17.0 Å². The highest BCUT2D eigenvalue weighted by Crippen LogP contribution is 2.44. The highest BCUT2D eigenvalue weighted by atomic mass is 16.5. The Bertz CT molecular complexity index is 1960. The Kier molecular flexibility index (Phi) is 16.1. The van der Waals surface area contributed by atoms with Crippen LogP contribution in [0.2, 0.25) is 0 Å². The SMILES string of the molecule is CCC(=O)N(CC1(N2CCN(Cc3ccccc3)CC2)CCOCC1)c1ccccc1O.CCNC(=O)N(CC1(N2CCN(CCc3ccccc3)CC2)CC1)c1ccccc1. The maximum absolute atomic E-state index is 13.0. The van der Waals surface area contributed by atoms with Crippen molar-refractivity contribution in [2.45, 2.75) is 70.0 Å². The molecule has 332 valence electrons. The molecule has 0 spiro atoms. The average molecular weight is 844 g/mol. The van der Waals surface area contributed by atoms with E-state index in [1.165, 1.54) is 24.0 Å². The number of carbonyl (C=O) groups excluding carboxylic acids is 2. The monoisotopic (exact) mass is 844 g/mol. The molecule has 8 rings (SSSR count). The summed E-state index contributed by atoms with van der Waals surface area (Å²) in [7, 11) is 0. The number of carbonyl (C=O) groups is 2. The molecule has 4 aromatic carbocycles. The first-order chi connectivity index (χ1) is 30.3. The van der Waals surface area contributed by atoms with Gasteiger partial charge in [-0.05, 0) is 74.4 Å². The average Bonchev–Trinajstić information content (AvgIpc) is 4.12. The molecule has 0 aromatic heterocycles. The number of urea groups is 1. The van der Waals surface area contributed by atoms with Crippen LogP contribution < -0.4 is 15.1 Å². The van der Waals surface area contributed by atoms with Crippen LogP contribution in [0.15, 0.2) is 115 Å². The lowest BCUT2D eigenvalue weighted by Crippen LogP contribution is -2.63. The standard InChI is InChI=1S/C26H35N3O3.C25H34N4O/c1-2-25(31)29(23-10-6-7-11-24(23)30)21-26(12-18-32-19-13-26)28-16-14-27(15-17-28)20-22-8-4-3-5-9-22;1-2-26-24(30)29(23-11-7-4-8-12-23)21-25(14-15-25)28-19-17-27(18-20-28)16-13-22-9-5-3-6-10-22/h3-11,30H,2,12-21H2,1H3;3-12H,2,13-21H2,1H3,(H,26,30). The van der Waals surface area contributed by atoms with Crippen LogP contribution in [0.1, 0.15) is 57.1 Å². The lowest BCUT2D eigenvalue weighted by molar-refractivity contribution is -0.119. The molecule has 3 heterocycles. The van der Waals surface area contributed by atoms with Gasteiger partial charge in [0.05, 0.1) is 5.69 Å². The smallest absolute Gasteiger partial charge is 0.321 e. The number of hydrogen-bond donors (Lipinski definition) is 2. The van der Waals surface area contributed by atoms with E-state index in [9.17, 15) is 14.7 Å². The highest BCUT2D eigenvalue weighted by Gasteiger charge is 2.50. The largest absolute Gasteiger partial charge is 0.506 e. The van der Waals surface area contributed by atoms with Gasteiger partial charge in [0.25, 0.3) is 0 Å². The second-order valence-electron chi connectivity index (χ2n) is 17.5. The zero-order chi connectivity index (χ0) is 43.2. The van der Waals surface area contributed by atoms with Crippen LogP contribution in [-0.2, 0) is 22.5 Å². The van der Waals surface area contributed by atoms with E-state index < -0.39 is 0 Å². The van der Waals surface area contributed by atoms with E-state index in [4.69, 9.17) is 4.74 Å². The zero-order valence-electron chi connectivity index (χ0n) is 37.2. The first kappa shape index (κ1) is 45.3. The maximum Gasteiger partial charge on any atom is 0.321 e. The van der Waals surface area contributed by atoms with E-state index >= 15 is 0 Å². The molecule has 11 nitrogen and oxygen atoms in total. The van der Waals surface area contributed by atoms with Crippen LogP contribution in [0.25, 0.3) is 0 Å². The number of aromatic hydroxyl groups is 1. The molecule has 3 amide bonds. The second-order valence-corrected chi connectivity index (χ2v) is 17.5. The Morgan fingerprint density at radius 3 is 1.71 bits per heavy atom. The number of nitrogens with zero attached hydrogens (tertiary/aromatic N) is 6. The van der Waals surface area contributed by atoms with Crippen molar-refractivity contribution >= 4 is 23.3 Å². The van der Waals surface area contributed by atoms with Crippen molar-refractivity contribution in [3.05, 3.63) is 126 Å². The van der Waals surface area contributed by atoms with Crippen molar-refractivity contribution in [1.82, 2.24) is 24.9 Å². The van der Waals surface area contributed by atoms with Gasteiger partial charge < -0.3 is 25.0 Å². The Morgan fingerprint density at radius 2 is 1.15 bits per heavy atom. The molecule has 2 N–H and O–H groups in total. The first-order valence-electron chi connectivity index (χ1n) is 23.1. The molecule has 0 unspecified atom stereocenters. The second kappa shape index (κ2) is 22.0. The van der Waals surface area contributed by atoms with Gasteiger partial charge >= 0.3 is 6.03 Å². The van der Waals surface area contributed by atoms with E-state index in [0.717, 1.165) is 96.9 Å². The molecule has 62 heavy (non-hydrogen) atoms. The summed E-state index contributed by atoms with van der Waals surface area (Å²) in [6.07, 6.45) is 5.68. The summed E-state index contributed by atoms with van der Waals surface area (Å²) in [5, 5.41) is 13.5. The molecule has 3 aliphatic heterocycles. The third kappa shape index (κ3) is 11.8. The fourth-order valence-corrected chi connectivity index (χ4v) is 9.56. The summed E-state index contributed by atoms with van der Waals surface area (Å²) >= 11 is 0. The highest BCUT2D eigenvalue weighted by molar-refractivity contribution is 5.95. The number of para-hydroxylation sites is 3. The lowest BCUT2D eigenvalue weighted by Gasteiger charge is -2.51. The van der Waals surface area contributed by atoms with Crippen molar-refractivity contribution in [1.29, 1.82) is 0 Å². The number of piperazine rings is 2. The van der Waals surface area contributed by atoms with Gasteiger partial charge in [0, 0.05) is 121 Å². The van der Waals surface area contributed by atoms with Crippen LogP contribution in [0, 0.1) is 0 Å². The molecule has 4 aromatic rings. The van der Waals surface area contributed by atoms with Gasteiger partial charge in [0.2, 0.25) is 5.91 Å². The molecule has 4 aliphatic rings. The van der Waals surface area contributed by atoms with E-state index in [-0.39, 0.29) is 28.8 Å². The first-order valence-corrected chi connectivity index (χ1v) is 23.1. The van der Waals surface area contributed by atoms with Gasteiger partial charge in [-0.15, -0.1) is 0 Å². The van der Waals surface area contributed by atoms with Crippen LogP contribution in [0.5, 0.6) is 5.75 Å². The predicted molar refractivity (Wildman–Crippen MR) is 250 cm³/mol. The Labute approximate surface area is 370 Å². The number of phenolic OH excluding ortho intramolecular Hbond substituents is 1. The molecule has 11 heteroatoms. The van der Waals surface area contributed by atoms with Crippen molar-refractivity contribution in [3.63, 3.8) is 0 Å². The minimum Gasteiger partial charge on any atom is -0.506 e. The number of phenols is 1. The van der Waals surface area contributed by atoms with Crippen LogP contribution in [0.3, 0.4) is 0 Å². The summed E-state index contributed by atoms with van der Waals surface area (Å²) in [6.45, 7) is 17.7. The zero-order valence-corrected chi connectivity index (χ0v) is 37.2. The third-order valence-electron chi connectivity index (χ3n) is 13.5. The number of nitrogens with one attached hydrogen (secondary N) is 1. The number of rotatable bonds is 15. The molecule has 1 saturated carbocycles. The Hall–Kier alpha value is -4.78. The Balaban J connectivity index is 0.000000187. The number of ether oxygens (including phenoxy) is 1. The number of anilines is 2. The predicted octanol–water partition coefficient (Wildman–Crippen LogP) is 7.12. The minimum absolute atomic E-state index is 0.0106. The fourth-order valence-electron chi connectivity index (χ4n) is 9.56. The van der Waals surface area contributed by atoms with Gasteiger partial charge in [-0.1, -0.05) is 97.9 Å². The number of benzene rings is 4. The molecule has 3 saturated heterocycles. The van der Waals surface area contributed by atoms with Crippen LogP contribution in [0.4, 0.5) is 16.2 Å². The van der Waals surface area contributed by atoms with Gasteiger partial charge in [0.1, 0.15) is 5.75 Å². The summed E-state index contributed by atoms with van der Waals surface area (Å²) in [6, 6.07) is 38.7. The maximum atomic E-state index is 13.0. The summed E-state index contributed by atoms with van der Waals surface area (Å²) in [4.78, 5) is 39.8. The normalized spacial score (nSPS) is 19.1. The molecular weight excluding hydrogens is 775 g/mol. The van der Waals surface area contributed by atoms with Crippen molar-refractivity contribution in [2.24, 2.45) is 0 Å². The van der Waals surface area contributed by atoms with Crippen molar-refractivity contribution < 1.29 is 19.4 Å². The number of hydrogen-bond acceptors (Lipinski definition) is 8. The quantitative estimate of drug-likeness (QED) is 0.131. The molecule has 0 atom stereocenters. The van der Waals surface area contributed by atoms with Crippen LogP contribution in [-0.4, -0.2) is 139 Å². The van der Waals surface area contributed by atoms with E-state index in [1.807, 2.05) is 61.2 Å². The fraction of sp³-hybridized carbons (Fsp3) is 0.490. The van der Waals surface area contributed by atoms with Crippen LogP contribution >= 0.6 is 0 Å². The van der Waals surface area contributed by atoms with Crippen molar-refractivity contribution in [3.8, 4) is 5.75 Å². The minimum atomic E-state index is -0.135. The van der Waals surface area contributed by atoms with Gasteiger partial charge in [-0.2, -0.15) is 0 Å². The topological polar surface area (TPSA) is 95.1 Å². The molecule has 1 aliphatic carbocycles. The Morgan fingerprint density at radius 1 is 0.629 bits per heavy atom. The van der Waals surface area contributed by atoms with Gasteiger partial charge in [-0.3, -0.25) is 24.4 Å². The van der Waals surface area contributed by atoms with E-state index in [0.29, 0.717) is 38.4 Å². The summed E-state index contributed by atoms with van der Waals surface area (Å²) in [5.41, 5.74) is 4.36.